The lowest BCUT2D eigenvalue weighted by atomic mass is 10.1. The second-order valence-corrected chi connectivity index (χ2v) is 5.79. The summed E-state index contributed by atoms with van der Waals surface area (Å²) >= 11 is 0. The molecule has 26 heavy (non-hydrogen) atoms. The van der Waals surface area contributed by atoms with Crippen molar-refractivity contribution in [3.63, 3.8) is 0 Å². The number of nitrogens with one attached hydrogen (secondary N) is 2. The van der Waals surface area contributed by atoms with E-state index in [1.165, 1.54) is 5.56 Å². The van der Waals surface area contributed by atoms with Crippen molar-refractivity contribution in [1.29, 1.82) is 0 Å². The number of H-pyrrole nitrogens is 1. The topological polar surface area (TPSA) is 92.3 Å². The maximum Gasteiger partial charge on any atom is 0.363 e. The van der Waals surface area contributed by atoms with Crippen molar-refractivity contribution in [1.82, 2.24) is 15.2 Å². The monoisotopic (exact) mass is 349 g/mol. The Kier molecular flexibility index (Phi) is 5.38. The summed E-state index contributed by atoms with van der Waals surface area (Å²) in [5, 5.41) is 10.1. The fourth-order valence-electron chi connectivity index (χ4n) is 2.28. The zero-order valence-electron chi connectivity index (χ0n) is 14.6. The van der Waals surface area contributed by atoms with Gasteiger partial charge in [-0.3, -0.25) is 5.43 Å². The molecular weight excluding hydrogens is 330 g/mol. The van der Waals surface area contributed by atoms with E-state index < -0.39 is 5.69 Å². The number of aromatic amines is 1. The van der Waals surface area contributed by atoms with E-state index in [4.69, 9.17) is 4.74 Å². The van der Waals surface area contributed by atoms with Gasteiger partial charge in [-0.25, -0.2) is 9.89 Å². The van der Waals surface area contributed by atoms with Crippen molar-refractivity contribution in [2.45, 2.75) is 20.5 Å². The summed E-state index contributed by atoms with van der Waals surface area (Å²) in [4.78, 5) is 14.9. The van der Waals surface area contributed by atoms with Gasteiger partial charge in [0.15, 0.2) is 5.82 Å². The Morgan fingerprint density at radius 1 is 1.19 bits per heavy atom. The van der Waals surface area contributed by atoms with E-state index in [-0.39, 0.29) is 0 Å². The van der Waals surface area contributed by atoms with Crippen LogP contribution in [0.3, 0.4) is 0 Å². The maximum atomic E-state index is 11.2. The third kappa shape index (κ3) is 4.76. The smallest absolute Gasteiger partial charge is 0.363 e. The summed E-state index contributed by atoms with van der Waals surface area (Å²) in [6.45, 7) is 4.31. The van der Waals surface area contributed by atoms with Gasteiger partial charge in [0.2, 0.25) is 0 Å². The van der Waals surface area contributed by atoms with Gasteiger partial charge in [0.05, 0.1) is 6.21 Å². The van der Waals surface area contributed by atoms with Crippen molar-refractivity contribution in [2.75, 3.05) is 5.43 Å². The van der Waals surface area contributed by atoms with Gasteiger partial charge < -0.3 is 4.74 Å². The summed E-state index contributed by atoms with van der Waals surface area (Å²) in [7, 11) is 0. The van der Waals surface area contributed by atoms with Crippen LogP contribution in [0.15, 0.2) is 58.4 Å². The Labute approximate surface area is 150 Å². The molecule has 7 nitrogen and oxygen atoms in total. The highest BCUT2D eigenvalue weighted by atomic mass is 16.5. The Bertz CT molecular complexity index is 964. The Balaban J connectivity index is 1.57. The number of hydrogen-bond donors (Lipinski definition) is 2. The van der Waals surface area contributed by atoms with Crippen LogP contribution in [0.2, 0.25) is 0 Å². The van der Waals surface area contributed by atoms with Gasteiger partial charge in [0.1, 0.15) is 18.1 Å². The van der Waals surface area contributed by atoms with Crippen molar-refractivity contribution in [3.05, 3.63) is 81.4 Å². The highest BCUT2D eigenvalue weighted by Gasteiger charge is 2.00. The lowest BCUT2D eigenvalue weighted by Gasteiger charge is -2.07. The molecule has 132 valence electrons. The first-order valence-electron chi connectivity index (χ1n) is 8.11. The summed E-state index contributed by atoms with van der Waals surface area (Å²) in [5.74, 6) is 1.11. The molecule has 0 bridgehead atoms. The zero-order valence-corrected chi connectivity index (χ0v) is 14.6. The molecule has 0 aliphatic heterocycles. The van der Waals surface area contributed by atoms with E-state index in [1.54, 1.807) is 13.1 Å². The molecule has 0 saturated carbocycles. The van der Waals surface area contributed by atoms with Gasteiger partial charge >= 0.3 is 5.69 Å². The van der Waals surface area contributed by atoms with E-state index in [0.717, 1.165) is 16.9 Å². The summed E-state index contributed by atoms with van der Waals surface area (Å²) in [6.07, 6.45) is 1.63. The largest absolute Gasteiger partial charge is 0.489 e. The highest BCUT2D eigenvalue weighted by molar-refractivity contribution is 5.80. The van der Waals surface area contributed by atoms with Crippen molar-refractivity contribution >= 4 is 12.0 Å². The fraction of sp³-hybridized carbons (Fsp3) is 0.158. The summed E-state index contributed by atoms with van der Waals surface area (Å²) in [6, 6.07) is 15.8. The Hall–Kier alpha value is -3.48. The molecule has 0 aliphatic carbocycles. The predicted octanol–water partition coefficient (Wildman–Crippen LogP) is 2.81. The van der Waals surface area contributed by atoms with E-state index in [0.29, 0.717) is 18.1 Å². The van der Waals surface area contributed by atoms with Crippen LogP contribution in [-0.4, -0.2) is 21.4 Å². The minimum absolute atomic E-state index is 0.322. The van der Waals surface area contributed by atoms with Gasteiger partial charge in [-0.1, -0.05) is 29.8 Å². The van der Waals surface area contributed by atoms with E-state index in [9.17, 15) is 4.79 Å². The Morgan fingerprint density at radius 2 is 2.00 bits per heavy atom. The van der Waals surface area contributed by atoms with E-state index >= 15 is 0 Å². The maximum absolute atomic E-state index is 11.2. The normalized spacial score (nSPS) is 10.8. The van der Waals surface area contributed by atoms with Crippen LogP contribution in [-0.2, 0) is 6.61 Å². The second-order valence-electron chi connectivity index (χ2n) is 5.79. The predicted molar refractivity (Wildman–Crippen MR) is 101 cm³/mol. The first-order valence-corrected chi connectivity index (χ1v) is 8.11. The third-order valence-electron chi connectivity index (χ3n) is 3.63. The summed E-state index contributed by atoms with van der Waals surface area (Å²) in [5.41, 5.74) is 5.98. The summed E-state index contributed by atoms with van der Waals surface area (Å²) < 4.78 is 5.79. The molecule has 0 saturated heterocycles. The molecule has 0 spiro atoms. The third-order valence-corrected chi connectivity index (χ3v) is 3.63. The number of aromatic nitrogens is 3. The zero-order chi connectivity index (χ0) is 18.4. The van der Waals surface area contributed by atoms with Crippen molar-refractivity contribution in [2.24, 2.45) is 5.10 Å². The highest BCUT2D eigenvalue weighted by Crippen LogP contribution is 2.14. The van der Waals surface area contributed by atoms with E-state index in [1.807, 2.05) is 36.4 Å². The van der Waals surface area contributed by atoms with Crippen LogP contribution >= 0.6 is 0 Å². The van der Waals surface area contributed by atoms with Gasteiger partial charge in [-0.05, 0) is 49.2 Å². The van der Waals surface area contributed by atoms with Gasteiger partial charge in [-0.15, -0.1) is 0 Å². The number of benzene rings is 2. The molecule has 0 radical (unpaired) electrons. The molecule has 0 aliphatic rings. The van der Waals surface area contributed by atoms with E-state index in [2.05, 4.69) is 44.8 Å². The first-order chi connectivity index (χ1) is 12.6. The quantitative estimate of drug-likeness (QED) is 0.527. The molecule has 0 unspecified atom stereocenters. The minimum Gasteiger partial charge on any atom is -0.489 e. The van der Waals surface area contributed by atoms with Crippen LogP contribution in [0, 0.1) is 13.8 Å². The average molecular weight is 349 g/mol. The molecule has 1 heterocycles. The number of anilines is 1. The molecule has 3 rings (SSSR count). The van der Waals surface area contributed by atoms with Crippen LogP contribution < -0.4 is 15.9 Å². The number of hydrogen-bond acceptors (Lipinski definition) is 6. The van der Waals surface area contributed by atoms with Crippen LogP contribution in [0.4, 0.5) is 5.82 Å². The number of rotatable bonds is 6. The number of nitrogens with zero attached hydrogens (tertiary/aromatic N) is 3. The molecular formula is C19H19N5O2. The lowest BCUT2D eigenvalue weighted by Crippen LogP contribution is -2.15. The van der Waals surface area contributed by atoms with Crippen LogP contribution in [0.1, 0.15) is 22.4 Å². The molecule has 3 aromatic rings. The molecule has 2 aromatic carbocycles. The SMILES string of the molecule is Cc1cccc(COc2ccc(/C=N\Nc3nc(=O)[nH]nc3C)cc2)c1. The van der Waals surface area contributed by atoms with Gasteiger partial charge in [-0.2, -0.15) is 15.2 Å². The number of hydrazone groups is 1. The molecule has 0 atom stereocenters. The minimum atomic E-state index is -0.525. The van der Waals surface area contributed by atoms with Crippen molar-refractivity contribution in [3.8, 4) is 5.75 Å². The molecule has 7 heteroatoms. The standard InChI is InChI=1S/C19H19N5O2/c1-13-4-3-5-16(10-13)12-26-17-8-6-15(7-9-17)11-20-23-18-14(2)22-24-19(25)21-18/h3-11H,12H2,1-2H3,(H2,21,23,24,25)/b20-11-. The number of aryl methyl sites for hydroxylation is 2. The van der Waals surface area contributed by atoms with Crippen LogP contribution in [0.25, 0.3) is 0 Å². The lowest BCUT2D eigenvalue weighted by molar-refractivity contribution is 0.306. The second kappa shape index (κ2) is 8.06. The van der Waals surface area contributed by atoms with Gasteiger partial charge in [0, 0.05) is 0 Å². The fourth-order valence-corrected chi connectivity index (χ4v) is 2.28. The molecule has 2 N–H and O–H groups in total. The molecule has 0 amide bonds. The van der Waals surface area contributed by atoms with Gasteiger partial charge in [0.25, 0.3) is 0 Å². The Morgan fingerprint density at radius 3 is 2.77 bits per heavy atom. The van der Waals surface area contributed by atoms with Crippen molar-refractivity contribution < 1.29 is 4.74 Å². The van der Waals surface area contributed by atoms with Crippen LogP contribution in [0.5, 0.6) is 5.75 Å². The average Bonchev–Trinajstić information content (AvgIpc) is 2.64. The molecule has 0 fully saturated rings. The molecule has 1 aromatic heterocycles. The first kappa shape index (κ1) is 17.3. The number of ether oxygens (including phenoxy) is 1.